The Labute approximate surface area is 108 Å². The smallest absolute Gasteiger partial charge is 0.322 e. The maximum atomic E-state index is 12.1. The second kappa shape index (κ2) is 5.76. The summed E-state index contributed by atoms with van der Waals surface area (Å²) in [5.74, 6) is 0.794. The van der Waals surface area contributed by atoms with E-state index in [9.17, 15) is 4.79 Å². The first-order valence-corrected chi connectivity index (χ1v) is 6.57. The molecule has 1 atom stereocenters. The lowest BCUT2D eigenvalue weighted by Crippen LogP contribution is -2.48. The first kappa shape index (κ1) is 12.7. The quantitative estimate of drug-likeness (QED) is 0.893. The number of hydrogen-bond acceptors (Lipinski definition) is 2. The van der Waals surface area contributed by atoms with E-state index in [4.69, 9.17) is 4.74 Å². The molecule has 98 valence electrons. The van der Waals surface area contributed by atoms with Gasteiger partial charge in [-0.2, -0.15) is 0 Å². The van der Waals surface area contributed by atoms with Gasteiger partial charge in [-0.15, -0.1) is 0 Å². The molecule has 0 saturated carbocycles. The molecule has 2 rings (SSSR count). The number of amides is 2. The first-order chi connectivity index (χ1) is 8.76. The highest BCUT2D eigenvalue weighted by molar-refractivity contribution is 5.94. The fraction of sp³-hybridized carbons (Fsp3) is 0.500. The zero-order chi connectivity index (χ0) is 13.0. The fourth-order valence-corrected chi connectivity index (χ4v) is 2.03. The summed E-state index contributed by atoms with van der Waals surface area (Å²) in [5, 5.41) is 2.92. The molecule has 4 heteroatoms. The molecule has 0 fully saturated rings. The zero-order valence-electron chi connectivity index (χ0n) is 11.0. The van der Waals surface area contributed by atoms with Crippen LogP contribution in [0, 0.1) is 0 Å². The van der Waals surface area contributed by atoms with Crippen molar-refractivity contribution in [3.8, 4) is 5.75 Å². The minimum absolute atomic E-state index is 0.0361. The fourth-order valence-electron chi connectivity index (χ4n) is 2.03. The molecular formula is C14H20N2O2. The van der Waals surface area contributed by atoms with Gasteiger partial charge < -0.3 is 10.1 Å². The summed E-state index contributed by atoms with van der Waals surface area (Å²) in [7, 11) is 0. The van der Waals surface area contributed by atoms with Crippen LogP contribution in [0.3, 0.4) is 0 Å². The molecule has 1 aromatic carbocycles. The third-order valence-electron chi connectivity index (χ3n) is 3.06. The Hall–Kier alpha value is -1.71. The van der Waals surface area contributed by atoms with Gasteiger partial charge in [-0.05, 0) is 25.0 Å². The van der Waals surface area contributed by atoms with Gasteiger partial charge in [0.15, 0.2) is 0 Å². The van der Waals surface area contributed by atoms with Crippen LogP contribution < -0.4 is 15.0 Å². The summed E-state index contributed by atoms with van der Waals surface area (Å²) in [6.07, 6.45) is 1.91. The summed E-state index contributed by atoms with van der Waals surface area (Å²) in [5.41, 5.74) is 0.857. The molecule has 1 aliphatic heterocycles. The zero-order valence-corrected chi connectivity index (χ0v) is 11.0. The lowest BCUT2D eigenvalue weighted by atomic mass is 10.1. The number of hydrogen-bond donors (Lipinski definition) is 1. The predicted molar refractivity (Wildman–Crippen MR) is 72.2 cm³/mol. The summed E-state index contributed by atoms with van der Waals surface area (Å²) in [4.78, 5) is 13.9. The van der Waals surface area contributed by atoms with E-state index in [0.717, 1.165) is 24.3 Å². The molecule has 1 unspecified atom stereocenters. The van der Waals surface area contributed by atoms with Crippen LogP contribution in [-0.2, 0) is 0 Å². The summed E-state index contributed by atoms with van der Waals surface area (Å²) in [6.45, 7) is 5.43. The molecule has 2 amide bonds. The monoisotopic (exact) mass is 248 g/mol. The molecule has 0 bridgehead atoms. The third kappa shape index (κ3) is 2.58. The lowest BCUT2D eigenvalue weighted by Gasteiger charge is -2.34. The number of anilines is 1. The third-order valence-corrected chi connectivity index (χ3v) is 3.06. The van der Waals surface area contributed by atoms with Crippen LogP contribution in [0.5, 0.6) is 5.75 Å². The highest BCUT2D eigenvalue weighted by Gasteiger charge is 2.28. The summed E-state index contributed by atoms with van der Waals surface area (Å²) in [6, 6.07) is 7.66. The highest BCUT2D eigenvalue weighted by Crippen LogP contribution is 2.33. The van der Waals surface area contributed by atoms with Gasteiger partial charge in [-0.25, -0.2) is 4.79 Å². The molecule has 0 aliphatic carbocycles. The van der Waals surface area contributed by atoms with Crippen LogP contribution >= 0.6 is 0 Å². The Bertz CT molecular complexity index is 420. The van der Waals surface area contributed by atoms with Gasteiger partial charge in [0, 0.05) is 6.54 Å². The van der Waals surface area contributed by atoms with Crippen LogP contribution in [0.1, 0.15) is 26.7 Å². The number of rotatable bonds is 3. The second-order valence-electron chi connectivity index (χ2n) is 4.46. The molecule has 4 nitrogen and oxygen atoms in total. The molecule has 1 N–H and O–H groups in total. The van der Waals surface area contributed by atoms with E-state index < -0.39 is 0 Å². The lowest BCUT2D eigenvalue weighted by molar-refractivity contribution is 0.186. The van der Waals surface area contributed by atoms with Gasteiger partial charge in [0.25, 0.3) is 0 Å². The van der Waals surface area contributed by atoms with Crippen molar-refractivity contribution in [3.05, 3.63) is 24.3 Å². The molecule has 0 spiro atoms. The Balaban J connectivity index is 2.21. The second-order valence-corrected chi connectivity index (χ2v) is 4.46. The molecule has 1 aromatic rings. The maximum Gasteiger partial charge on any atom is 0.322 e. The van der Waals surface area contributed by atoms with Crippen molar-refractivity contribution in [3.63, 3.8) is 0 Å². The summed E-state index contributed by atoms with van der Waals surface area (Å²) >= 11 is 0. The largest absolute Gasteiger partial charge is 0.486 e. The minimum atomic E-state index is -0.0361. The van der Waals surface area contributed by atoms with E-state index in [-0.39, 0.29) is 12.1 Å². The average molecular weight is 248 g/mol. The topological polar surface area (TPSA) is 41.6 Å². The highest BCUT2D eigenvalue weighted by atomic mass is 16.5. The van der Waals surface area contributed by atoms with Crippen LogP contribution in [0.4, 0.5) is 10.5 Å². The number of carbonyl (C=O) groups excluding carboxylic acids is 1. The molecule has 0 aromatic heterocycles. The first-order valence-electron chi connectivity index (χ1n) is 6.57. The Morgan fingerprint density at radius 1 is 1.44 bits per heavy atom. The summed E-state index contributed by atoms with van der Waals surface area (Å²) < 4.78 is 5.84. The van der Waals surface area contributed by atoms with Gasteiger partial charge in [0.1, 0.15) is 11.9 Å². The van der Waals surface area contributed by atoms with Gasteiger partial charge in [0.2, 0.25) is 0 Å². The SMILES string of the molecule is CCCNC(=O)N1CC(CC)Oc2ccccc21. The van der Waals surface area contributed by atoms with Gasteiger partial charge in [-0.3, -0.25) is 4.90 Å². The van der Waals surface area contributed by atoms with E-state index in [1.54, 1.807) is 4.90 Å². The van der Waals surface area contributed by atoms with E-state index in [1.807, 2.05) is 31.2 Å². The Morgan fingerprint density at radius 2 is 2.22 bits per heavy atom. The number of nitrogens with zero attached hydrogens (tertiary/aromatic N) is 1. The van der Waals surface area contributed by atoms with Crippen molar-refractivity contribution < 1.29 is 9.53 Å². The molecule has 1 aliphatic rings. The van der Waals surface area contributed by atoms with Crippen molar-refractivity contribution in [2.24, 2.45) is 0 Å². The minimum Gasteiger partial charge on any atom is -0.486 e. The number of para-hydroxylation sites is 2. The number of carbonyl (C=O) groups is 1. The Morgan fingerprint density at radius 3 is 2.94 bits per heavy atom. The van der Waals surface area contributed by atoms with Crippen molar-refractivity contribution in [2.45, 2.75) is 32.8 Å². The molecule has 0 saturated heterocycles. The van der Waals surface area contributed by atoms with E-state index >= 15 is 0 Å². The number of nitrogens with one attached hydrogen (secondary N) is 1. The molecular weight excluding hydrogens is 228 g/mol. The number of benzene rings is 1. The van der Waals surface area contributed by atoms with Crippen LogP contribution in [0.15, 0.2) is 24.3 Å². The van der Waals surface area contributed by atoms with Crippen molar-refractivity contribution in [1.82, 2.24) is 5.32 Å². The number of ether oxygens (including phenoxy) is 1. The van der Waals surface area contributed by atoms with Gasteiger partial charge in [-0.1, -0.05) is 26.0 Å². The van der Waals surface area contributed by atoms with Crippen molar-refractivity contribution in [2.75, 3.05) is 18.0 Å². The van der Waals surface area contributed by atoms with Crippen LogP contribution in [0.2, 0.25) is 0 Å². The standard InChI is InChI=1S/C14H20N2O2/c1-3-9-15-14(17)16-10-11(4-2)18-13-8-6-5-7-12(13)16/h5-8,11H,3-4,9-10H2,1-2H3,(H,15,17). The normalized spacial score (nSPS) is 17.9. The maximum absolute atomic E-state index is 12.1. The number of urea groups is 1. The van der Waals surface area contributed by atoms with E-state index in [2.05, 4.69) is 12.2 Å². The number of fused-ring (bicyclic) bond motifs is 1. The van der Waals surface area contributed by atoms with Crippen LogP contribution in [-0.4, -0.2) is 25.2 Å². The van der Waals surface area contributed by atoms with Gasteiger partial charge >= 0.3 is 6.03 Å². The van der Waals surface area contributed by atoms with Crippen LogP contribution in [0.25, 0.3) is 0 Å². The molecule has 1 heterocycles. The van der Waals surface area contributed by atoms with E-state index in [1.165, 1.54) is 0 Å². The average Bonchev–Trinajstić information content (AvgIpc) is 2.43. The molecule has 0 radical (unpaired) electrons. The van der Waals surface area contributed by atoms with E-state index in [0.29, 0.717) is 13.1 Å². The van der Waals surface area contributed by atoms with Gasteiger partial charge in [0.05, 0.1) is 12.2 Å². The predicted octanol–water partition coefficient (Wildman–Crippen LogP) is 2.78. The molecule has 18 heavy (non-hydrogen) atoms. The van der Waals surface area contributed by atoms with Crippen molar-refractivity contribution in [1.29, 1.82) is 0 Å². The Kier molecular flexibility index (Phi) is 4.07. The van der Waals surface area contributed by atoms with Crippen molar-refractivity contribution >= 4 is 11.7 Å².